The number of carbonyl (C=O) groups excluding carboxylic acids is 1. The number of carbonyl (C=O) groups is 1. The fourth-order valence-corrected chi connectivity index (χ4v) is 3.44. The molecule has 0 amide bonds. The second-order valence-corrected chi connectivity index (χ2v) is 6.86. The molecule has 0 unspecified atom stereocenters. The Morgan fingerprint density at radius 3 is 2.69 bits per heavy atom. The van der Waals surface area contributed by atoms with Crippen LogP contribution in [-0.4, -0.2) is 45.9 Å². The monoisotopic (exact) mass is 372 g/mol. The summed E-state index contributed by atoms with van der Waals surface area (Å²) in [6, 6.07) is 7.63. The molecular formula is C18H20N4O3S. The zero-order valence-electron chi connectivity index (χ0n) is 15.1. The van der Waals surface area contributed by atoms with E-state index in [1.54, 1.807) is 18.0 Å². The van der Waals surface area contributed by atoms with E-state index in [0.29, 0.717) is 10.8 Å². The van der Waals surface area contributed by atoms with Gasteiger partial charge in [-0.2, -0.15) is 10.2 Å². The Hall–Kier alpha value is -2.61. The maximum absolute atomic E-state index is 11.6. The first kappa shape index (κ1) is 18.2. The van der Waals surface area contributed by atoms with Crippen LogP contribution in [0.2, 0.25) is 0 Å². The summed E-state index contributed by atoms with van der Waals surface area (Å²) in [5, 5.41) is 14.8. The van der Waals surface area contributed by atoms with Gasteiger partial charge in [0.1, 0.15) is 22.0 Å². The van der Waals surface area contributed by atoms with Gasteiger partial charge in [0.05, 0.1) is 31.9 Å². The lowest BCUT2D eigenvalue weighted by Gasteiger charge is -2.12. The third-order valence-corrected chi connectivity index (χ3v) is 4.84. The SMILES string of the molecule is COC(=O)CSc1nnc(C(C)C)c2cnn(-c3ccccc3OC)c12. The molecular weight excluding hydrogens is 352 g/mol. The Morgan fingerprint density at radius 2 is 2.00 bits per heavy atom. The second kappa shape index (κ2) is 7.74. The van der Waals surface area contributed by atoms with Gasteiger partial charge in [0.2, 0.25) is 0 Å². The summed E-state index contributed by atoms with van der Waals surface area (Å²) in [6.07, 6.45) is 1.79. The molecule has 0 saturated carbocycles. The highest BCUT2D eigenvalue weighted by molar-refractivity contribution is 8.00. The molecule has 0 N–H and O–H groups in total. The maximum Gasteiger partial charge on any atom is 0.316 e. The zero-order chi connectivity index (χ0) is 18.7. The minimum absolute atomic E-state index is 0.151. The van der Waals surface area contributed by atoms with E-state index in [0.717, 1.165) is 22.3 Å². The van der Waals surface area contributed by atoms with E-state index < -0.39 is 0 Å². The topological polar surface area (TPSA) is 79.1 Å². The highest BCUT2D eigenvalue weighted by atomic mass is 32.2. The molecule has 0 aliphatic heterocycles. The fourth-order valence-electron chi connectivity index (χ4n) is 2.64. The molecule has 136 valence electrons. The van der Waals surface area contributed by atoms with Crippen LogP contribution in [0.3, 0.4) is 0 Å². The molecule has 0 bridgehead atoms. The molecule has 7 nitrogen and oxygen atoms in total. The molecule has 2 heterocycles. The first-order valence-corrected chi connectivity index (χ1v) is 9.12. The second-order valence-electron chi connectivity index (χ2n) is 5.90. The van der Waals surface area contributed by atoms with Crippen LogP contribution in [0, 0.1) is 0 Å². The molecule has 3 aromatic rings. The van der Waals surface area contributed by atoms with Crippen LogP contribution in [0.25, 0.3) is 16.6 Å². The van der Waals surface area contributed by atoms with Gasteiger partial charge in [-0.1, -0.05) is 37.7 Å². The predicted molar refractivity (Wildman–Crippen MR) is 100 cm³/mol. The van der Waals surface area contributed by atoms with Crippen molar-refractivity contribution in [3.8, 4) is 11.4 Å². The van der Waals surface area contributed by atoms with Gasteiger partial charge in [-0.3, -0.25) is 4.79 Å². The lowest BCUT2D eigenvalue weighted by molar-refractivity contribution is -0.137. The highest BCUT2D eigenvalue weighted by Gasteiger charge is 2.20. The number of fused-ring (bicyclic) bond motifs is 1. The predicted octanol–water partition coefficient (Wildman–Crippen LogP) is 3.21. The first-order valence-electron chi connectivity index (χ1n) is 8.14. The van der Waals surface area contributed by atoms with Crippen LogP contribution in [0.4, 0.5) is 0 Å². The molecule has 0 spiro atoms. The van der Waals surface area contributed by atoms with Crippen LogP contribution in [0.1, 0.15) is 25.5 Å². The quantitative estimate of drug-likeness (QED) is 0.485. The number of benzene rings is 1. The van der Waals surface area contributed by atoms with E-state index in [9.17, 15) is 4.79 Å². The number of nitrogens with zero attached hydrogens (tertiary/aromatic N) is 4. The van der Waals surface area contributed by atoms with Crippen molar-refractivity contribution >= 4 is 28.6 Å². The van der Waals surface area contributed by atoms with E-state index in [2.05, 4.69) is 29.1 Å². The Balaban J connectivity index is 2.20. The van der Waals surface area contributed by atoms with Crippen LogP contribution >= 0.6 is 11.8 Å². The van der Waals surface area contributed by atoms with Crippen molar-refractivity contribution in [3.63, 3.8) is 0 Å². The largest absolute Gasteiger partial charge is 0.494 e. The minimum Gasteiger partial charge on any atom is -0.494 e. The van der Waals surface area contributed by atoms with Crippen molar-refractivity contribution in [2.24, 2.45) is 0 Å². The summed E-state index contributed by atoms with van der Waals surface area (Å²) >= 11 is 1.28. The summed E-state index contributed by atoms with van der Waals surface area (Å²) in [7, 11) is 2.99. The lowest BCUT2D eigenvalue weighted by atomic mass is 10.1. The average molecular weight is 372 g/mol. The average Bonchev–Trinajstić information content (AvgIpc) is 3.10. The van der Waals surface area contributed by atoms with Gasteiger partial charge < -0.3 is 9.47 Å². The van der Waals surface area contributed by atoms with Crippen molar-refractivity contribution in [1.29, 1.82) is 0 Å². The Labute approximate surface area is 155 Å². The Bertz CT molecular complexity index is 939. The maximum atomic E-state index is 11.6. The van der Waals surface area contributed by atoms with Gasteiger partial charge in [0, 0.05) is 5.39 Å². The normalized spacial score (nSPS) is 11.1. The smallest absolute Gasteiger partial charge is 0.316 e. The molecule has 2 aromatic heterocycles. The van der Waals surface area contributed by atoms with Crippen LogP contribution < -0.4 is 4.74 Å². The summed E-state index contributed by atoms with van der Waals surface area (Å²) in [4.78, 5) is 11.6. The number of para-hydroxylation sites is 2. The molecule has 3 rings (SSSR count). The third-order valence-electron chi connectivity index (χ3n) is 3.91. The Morgan fingerprint density at radius 1 is 1.23 bits per heavy atom. The highest BCUT2D eigenvalue weighted by Crippen LogP contribution is 2.33. The van der Waals surface area contributed by atoms with Crippen molar-refractivity contribution in [2.45, 2.75) is 24.8 Å². The van der Waals surface area contributed by atoms with E-state index in [-0.39, 0.29) is 17.6 Å². The molecule has 1 aromatic carbocycles. The zero-order valence-corrected chi connectivity index (χ0v) is 15.9. The van der Waals surface area contributed by atoms with Crippen molar-refractivity contribution in [2.75, 3.05) is 20.0 Å². The van der Waals surface area contributed by atoms with Gasteiger partial charge in [-0.05, 0) is 18.1 Å². The fraction of sp³-hybridized carbons (Fsp3) is 0.333. The van der Waals surface area contributed by atoms with Crippen molar-refractivity contribution in [3.05, 3.63) is 36.2 Å². The lowest BCUT2D eigenvalue weighted by Crippen LogP contribution is -2.06. The number of ether oxygens (including phenoxy) is 2. The molecule has 0 fully saturated rings. The van der Waals surface area contributed by atoms with E-state index >= 15 is 0 Å². The summed E-state index contributed by atoms with van der Waals surface area (Å²) < 4.78 is 12.0. The van der Waals surface area contributed by atoms with Crippen LogP contribution in [0.15, 0.2) is 35.5 Å². The number of thioether (sulfide) groups is 1. The number of esters is 1. The van der Waals surface area contributed by atoms with E-state index in [1.807, 2.05) is 24.3 Å². The number of methoxy groups -OCH3 is 2. The summed E-state index contributed by atoms with van der Waals surface area (Å²) in [6.45, 7) is 4.12. The molecule has 26 heavy (non-hydrogen) atoms. The molecule has 0 saturated heterocycles. The number of rotatable bonds is 6. The third kappa shape index (κ3) is 3.37. The molecule has 0 radical (unpaired) electrons. The molecule has 0 aliphatic carbocycles. The van der Waals surface area contributed by atoms with Gasteiger partial charge in [-0.15, -0.1) is 5.10 Å². The standard InChI is InChI=1S/C18H20N4O3S/c1-11(2)16-12-9-19-22(13-7-5-6-8-14(13)24-3)17(12)18(21-20-16)26-10-15(23)25-4/h5-9,11H,10H2,1-4H3. The Kier molecular flexibility index (Phi) is 5.41. The van der Waals surface area contributed by atoms with Crippen LogP contribution in [0.5, 0.6) is 5.75 Å². The van der Waals surface area contributed by atoms with Gasteiger partial charge in [0.15, 0.2) is 0 Å². The number of hydrogen-bond donors (Lipinski definition) is 0. The summed E-state index contributed by atoms with van der Waals surface area (Å²) in [5.41, 5.74) is 2.47. The van der Waals surface area contributed by atoms with Gasteiger partial charge in [0.25, 0.3) is 0 Å². The van der Waals surface area contributed by atoms with Crippen molar-refractivity contribution in [1.82, 2.24) is 20.0 Å². The number of hydrogen-bond acceptors (Lipinski definition) is 7. The molecule has 8 heteroatoms. The van der Waals surface area contributed by atoms with Gasteiger partial charge in [-0.25, -0.2) is 4.68 Å². The van der Waals surface area contributed by atoms with Gasteiger partial charge >= 0.3 is 5.97 Å². The number of aromatic nitrogens is 4. The first-order chi connectivity index (χ1) is 12.6. The minimum atomic E-state index is -0.318. The molecule has 0 aliphatic rings. The van der Waals surface area contributed by atoms with Crippen LogP contribution in [-0.2, 0) is 9.53 Å². The van der Waals surface area contributed by atoms with E-state index in [1.165, 1.54) is 18.9 Å². The van der Waals surface area contributed by atoms with Crippen molar-refractivity contribution < 1.29 is 14.3 Å². The molecule has 0 atom stereocenters. The summed E-state index contributed by atoms with van der Waals surface area (Å²) in [5.74, 6) is 0.726. The van der Waals surface area contributed by atoms with E-state index in [4.69, 9.17) is 9.47 Å².